The molecule has 4 nitrogen and oxygen atoms in total. The molecule has 0 aliphatic carbocycles. The van der Waals surface area contributed by atoms with Gasteiger partial charge in [0.05, 0.1) is 13.2 Å². The number of piperidine rings is 1. The highest BCUT2D eigenvalue weighted by molar-refractivity contribution is 4.84. The minimum Gasteiger partial charge on any atom is -0.379 e. The molecule has 106 valence electrons. The number of hydrogen-bond acceptors (Lipinski definition) is 4. The van der Waals surface area contributed by atoms with Crippen LogP contribution in [-0.4, -0.2) is 87.3 Å². The fourth-order valence-corrected chi connectivity index (χ4v) is 2.97. The molecule has 2 heterocycles. The third kappa shape index (κ3) is 4.50. The number of piperazine rings is 1. The lowest BCUT2D eigenvalue weighted by Gasteiger charge is -2.44. The molecule has 0 N–H and O–H groups in total. The van der Waals surface area contributed by atoms with Gasteiger partial charge >= 0.3 is 0 Å². The van der Waals surface area contributed by atoms with Crippen molar-refractivity contribution in [3.63, 3.8) is 0 Å². The first-order chi connectivity index (χ1) is 8.75. The number of rotatable bonds is 6. The Morgan fingerprint density at radius 1 is 1.11 bits per heavy atom. The van der Waals surface area contributed by atoms with E-state index in [1.54, 1.807) is 0 Å². The standard InChI is InChI=1S/C14H29N3O/c1-15(2)9-11-18-12-10-16-7-8-17-6-4-3-5-14(17)13-16/h14H,3-13H2,1-2H3. The van der Waals surface area contributed by atoms with Crippen LogP contribution in [0.15, 0.2) is 0 Å². The maximum atomic E-state index is 5.69. The molecule has 0 bridgehead atoms. The molecule has 1 atom stereocenters. The van der Waals surface area contributed by atoms with Gasteiger partial charge in [-0.3, -0.25) is 9.80 Å². The van der Waals surface area contributed by atoms with Crippen molar-refractivity contribution in [3.05, 3.63) is 0 Å². The van der Waals surface area contributed by atoms with E-state index in [9.17, 15) is 0 Å². The zero-order valence-electron chi connectivity index (χ0n) is 12.1. The first kappa shape index (κ1) is 14.3. The molecule has 2 aliphatic rings. The fourth-order valence-electron chi connectivity index (χ4n) is 2.97. The summed E-state index contributed by atoms with van der Waals surface area (Å²) in [5.74, 6) is 0. The van der Waals surface area contributed by atoms with Crippen molar-refractivity contribution in [1.82, 2.24) is 14.7 Å². The van der Waals surface area contributed by atoms with Crippen molar-refractivity contribution in [2.24, 2.45) is 0 Å². The average Bonchev–Trinajstić information content (AvgIpc) is 2.38. The highest BCUT2D eigenvalue weighted by atomic mass is 16.5. The first-order valence-electron chi connectivity index (χ1n) is 7.44. The molecule has 0 saturated carbocycles. The van der Waals surface area contributed by atoms with Gasteiger partial charge in [0.2, 0.25) is 0 Å². The molecule has 1 unspecified atom stereocenters. The van der Waals surface area contributed by atoms with Crippen molar-refractivity contribution >= 4 is 0 Å². The summed E-state index contributed by atoms with van der Waals surface area (Å²) in [6.45, 7) is 8.97. The number of fused-ring (bicyclic) bond motifs is 1. The Morgan fingerprint density at radius 2 is 2.00 bits per heavy atom. The second-order valence-electron chi connectivity index (χ2n) is 5.90. The van der Waals surface area contributed by atoms with E-state index < -0.39 is 0 Å². The summed E-state index contributed by atoms with van der Waals surface area (Å²) in [5.41, 5.74) is 0. The van der Waals surface area contributed by atoms with Gasteiger partial charge < -0.3 is 9.64 Å². The maximum absolute atomic E-state index is 5.69. The van der Waals surface area contributed by atoms with Crippen molar-refractivity contribution in [2.75, 3.05) is 66.6 Å². The van der Waals surface area contributed by atoms with Crippen molar-refractivity contribution < 1.29 is 4.74 Å². The summed E-state index contributed by atoms with van der Waals surface area (Å²) < 4.78 is 5.69. The van der Waals surface area contributed by atoms with Crippen LogP contribution in [0.1, 0.15) is 19.3 Å². The summed E-state index contributed by atoms with van der Waals surface area (Å²) >= 11 is 0. The van der Waals surface area contributed by atoms with E-state index in [0.29, 0.717) is 0 Å². The summed E-state index contributed by atoms with van der Waals surface area (Å²) in [7, 11) is 4.18. The zero-order chi connectivity index (χ0) is 12.8. The van der Waals surface area contributed by atoms with E-state index in [4.69, 9.17) is 4.74 Å². The third-order valence-corrected chi connectivity index (χ3v) is 4.16. The Balaban J connectivity index is 1.57. The Hall–Kier alpha value is -0.160. The van der Waals surface area contributed by atoms with Crippen LogP contribution in [0.2, 0.25) is 0 Å². The predicted octanol–water partition coefficient (Wildman–Crippen LogP) is 0.735. The van der Waals surface area contributed by atoms with E-state index in [0.717, 1.165) is 32.3 Å². The van der Waals surface area contributed by atoms with Crippen LogP contribution in [0.5, 0.6) is 0 Å². The summed E-state index contributed by atoms with van der Waals surface area (Å²) in [5, 5.41) is 0. The topological polar surface area (TPSA) is 19.0 Å². The molecule has 0 aromatic rings. The van der Waals surface area contributed by atoms with Crippen LogP contribution in [0.3, 0.4) is 0 Å². The van der Waals surface area contributed by atoms with Crippen LogP contribution < -0.4 is 0 Å². The van der Waals surface area contributed by atoms with Crippen molar-refractivity contribution in [3.8, 4) is 0 Å². The molecule has 2 fully saturated rings. The van der Waals surface area contributed by atoms with E-state index in [1.165, 1.54) is 45.4 Å². The van der Waals surface area contributed by atoms with Gasteiger partial charge in [0.15, 0.2) is 0 Å². The highest BCUT2D eigenvalue weighted by Crippen LogP contribution is 2.20. The lowest BCUT2D eigenvalue weighted by atomic mass is 9.99. The molecule has 0 radical (unpaired) electrons. The van der Waals surface area contributed by atoms with E-state index >= 15 is 0 Å². The third-order valence-electron chi connectivity index (χ3n) is 4.16. The van der Waals surface area contributed by atoms with Crippen molar-refractivity contribution in [2.45, 2.75) is 25.3 Å². The molecule has 0 amide bonds. The van der Waals surface area contributed by atoms with Crippen LogP contribution >= 0.6 is 0 Å². The number of ether oxygens (including phenoxy) is 1. The van der Waals surface area contributed by atoms with Gasteiger partial charge in [0, 0.05) is 38.8 Å². The second kappa shape index (κ2) is 7.43. The van der Waals surface area contributed by atoms with Gasteiger partial charge in [-0.15, -0.1) is 0 Å². The van der Waals surface area contributed by atoms with Gasteiger partial charge in [-0.1, -0.05) is 6.42 Å². The number of likely N-dealkylation sites (N-methyl/N-ethyl adjacent to an activating group) is 1. The van der Waals surface area contributed by atoms with Crippen LogP contribution in [-0.2, 0) is 4.74 Å². The monoisotopic (exact) mass is 255 g/mol. The lowest BCUT2D eigenvalue weighted by Crippen LogP contribution is -2.55. The minimum absolute atomic E-state index is 0.828. The van der Waals surface area contributed by atoms with E-state index in [2.05, 4.69) is 28.8 Å². The normalized spacial score (nSPS) is 26.5. The molecule has 4 heteroatoms. The lowest BCUT2D eigenvalue weighted by molar-refractivity contribution is 0.0278. The van der Waals surface area contributed by atoms with Crippen LogP contribution in [0, 0.1) is 0 Å². The van der Waals surface area contributed by atoms with E-state index in [1.807, 2.05) is 0 Å². The minimum atomic E-state index is 0.828. The molecule has 18 heavy (non-hydrogen) atoms. The second-order valence-corrected chi connectivity index (χ2v) is 5.90. The fraction of sp³-hybridized carbons (Fsp3) is 1.00. The Morgan fingerprint density at radius 3 is 2.83 bits per heavy atom. The molecule has 2 rings (SSSR count). The van der Waals surface area contributed by atoms with Crippen LogP contribution in [0.25, 0.3) is 0 Å². The van der Waals surface area contributed by atoms with Crippen molar-refractivity contribution in [1.29, 1.82) is 0 Å². The molecule has 0 aromatic heterocycles. The first-order valence-corrected chi connectivity index (χ1v) is 7.44. The molecule has 2 saturated heterocycles. The molecule has 2 aliphatic heterocycles. The largest absolute Gasteiger partial charge is 0.379 e. The quantitative estimate of drug-likeness (QED) is 0.652. The SMILES string of the molecule is CN(C)CCOCCN1CCN2CCCCC2C1. The Kier molecular flexibility index (Phi) is 5.89. The van der Waals surface area contributed by atoms with Gasteiger partial charge in [-0.05, 0) is 33.5 Å². The Bertz CT molecular complexity index is 235. The Labute approximate surface area is 112 Å². The highest BCUT2D eigenvalue weighted by Gasteiger charge is 2.28. The average molecular weight is 255 g/mol. The number of nitrogens with zero attached hydrogens (tertiary/aromatic N) is 3. The van der Waals surface area contributed by atoms with Gasteiger partial charge in [-0.25, -0.2) is 0 Å². The predicted molar refractivity (Wildman–Crippen MR) is 75.0 cm³/mol. The van der Waals surface area contributed by atoms with Crippen LogP contribution in [0.4, 0.5) is 0 Å². The molecular weight excluding hydrogens is 226 g/mol. The number of hydrogen-bond donors (Lipinski definition) is 0. The molecular formula is C14H29N3O. The molecule has 0 aromatic carbocycles. The maximum Gasteiger partial charge on any atom is 0.0594 e. The smallest absolute Gasteiger partial charge is 0.0594 e. The van der Waals surface area contributed by atoms with Gasteiger partial charge in [0.1, 0.15) is 0 Å². The molecule has 0 spiro atoms. The van der Waals surface area contributed by atoms with Gasteiger partial charge in [-0.2, -0.15) is 0 Å². The summed E-state index contributed by atoms with van der Waals surface area (Å²) in [6, 6.07) is 0.828. The van der Waals surface area contributed by atoms with E-state index in [-0.39, 0.29) is 0 Å². The summed E-state index contributed by atoms with van der Waals surface area (Å²) in [4.78, 5) is 7.44. The zero-order valence-corrected chi connectivity index (χ0v) is 12.1. The van der Waals surface area contributed by atoms with Gasteiger partial charge in [0.25, 0.3) is 0 Å². The summed E-state index contributed by atoms with van der Waals surface area (Å²) in [6.07, 6.45) is 4.23.